The Morgan fingerprint density at radius 3 is 2.40 bits per heavy atom. The van der Waals surface area contributed by atoms with Gasteiger partial charge in [0.25, 0.3) is 0 Å². The van der Waals surface area contributed by atoms with Gasteiger partial charge < -0.3 is 9.84 Å². The van der Waals surface area contributed by atoms with Gasteiger partial charge in [0, 0.05) is 31.7 Å². The maximum atomic E-state index is 9.41. The van der Waals surface area contributed by atoms with Crippen molar-refractivity contribution in [3.63, 3.8) is 0 Å². The number of hydrogen-bond donors (Lipinski definition) is 1. The van der Waals surface area contributed by atoms with Crippen molar-refractivity contribution in [1.29, 1.82) is 0 Å². The highest BCUT2D eigenvalue weighted by Gasteiger charge is 2.36. The van der Waals surface area contributed by atoms with Crippen molar-refractivity contribution in [2.75, 3.05) is 26.2 Å². The highest BCUT2D eigenvalue weighted by Crippen LogP contribution is 2.29. The van der Waals surface area contributed by atoms with Gasteiger partial charge in [-0.1, -0.05) is 13.8 Å². The van der Waals surface area contributed by atoms with Crippen LogP contribution in [0.15, 0.2) is 0 Å². The first-order chi connectivity index (χ1) is 7.15. The van der Waals surface area contributed by atoms with Crippen molar-refractivity contribution in [1.82, 2.24) is 4.90 Å². The normalized spacial score (nSPS) is 35.4. The van der Waals surface area contributed by atoms with Crippen LogP contribution in [0, 0.1) is 5.41 Å². The number of fused-ring (bicyclic) bond motifs is 2. The van der Waals surface area contributed by atoms with E-state index in [2.05, 4.69) is 18.7 Å². The second-order valence-corrected chi connectivity index (χ2v) is 5.47. The SMILES string of the molecule is CCC(C)(CO)CN1CC2CCC(C1)O2. The Morgan fingerprint density at radius 1 is 1.33 bits per heavy atom. The van der Waals surface area contributed by atoms with Gasteiger partial charge >= 0.3 is 0 Å². The van der Waals surface area contributed by atoms with Crippen molar-refractivity contribution in [3.8, 4) is 0 Å². The van der Waals surface area contributed by atoms with E-state index in [4.69, 9.17) is 4.74 Å². The summed E-state index contributed by atoms with van der Waals surface area (Å²) in [5.74, 6) is 0. The minimum absolute atomic E-state index is 0.0662. The average molecular weight is 213 g/mol. The zero-order valence-corrected chi connectivity index (χ0v) is 9.91. The Balaban J connectivity index is 1.89. The lowest BCUT2D eigenvalue weighted by molar-refractivity contribution is -0.0544. The summed E-state index contributed by atoms with van der Waals surface area (Å²) in [6.45, 7) is 7.75. The van der Waals surface area contributed by atoms with Crippen LogP contribution in [-0.4, -0.2) is 48.5 Å². The molecule has 3 unspecified atom stereocenters. The number of morpholine rings is 1. The first-order valence-corrected chi connectivity index (χ1v) is 6.14. The molecule has 15 heavy (non-hydrogen) atoms. The van der Waals surface area contributed by atoms with Gasteiger partial charge in [0.2, 0.25) is 0 Å². The Kier molecular flexibility index (Phi) is 3.33. The molecule has 0 radical (unpaired) electrons. The second kappa shape index (κ2) is 4.40. The molecule has 2 aliphatic heterocycles. The molecule has 3 nitrogen and oxygen atoms in total. The zero-order chi connectivity index (χ0) is 10.9. The van der Waals surface area contributed by atoms with Crippen LogP contribution in [0.2, 0.25) is 0 Å². The van der Waals surface area contributed by atoms with Crippen molar-refractivity contribution in [3.05, 3.63) is 0 Å². The summed E-state index contributed by atoms with van der Waals surface area (Å²) in [6, 6.07) is 0. The van der Waals surface area contributed by atoms with Crippen LogP contribution in [0.1, 0.15) is 33.1 Å². The van der Waals surface area contributed by atoms with E-state index in [1.807, 2.05) is 0 Å². The van der Waals surface area contributed by atoms with Gasteiger partial charge in [0.1, 0.15) is 0 Å². The molecule has 2 fully saturated rings. The predicted octanol–water partition coefficient (Wildman–Crippen LogP) is 1.26. The fourth-order valence-electron chi connectivity index (χ4n) is 2.64. The van der Waals surface area contributed by atoms with Crippen LogP contribution in [0.3, 0.4) is 0 Å². The number of aliphatic hydroxyl groups excluding tert-OH is 1. The first-order valence-electron chi connectivity index (χ1n) is 6.14. The molecule has 2 bridgehead atoms. The van der Waals surface area contributed by atoms with E-state index in [0.717, 1.165) is 26.1 Å². The van der Waals surface area contributed by atoms with Crippen LogP contribution < -0.4 is 0 Å². The Labute approximate surface area is 92.4 Å². The summed E-state index contributed by atoms with van der Waals surface area (Å²) < 4.78 is 5.81. The molecule has 0 aromatic rings. The molecule has 3 atom stereocenters. The van der Waals surface area contributed by atoms with E-state index in [-0.39, 0.29) is 12.0 Å². The van der Waals surface area contributed by atoms with Crippen molar-refractivity contribution < 1.29 is 9.84 Å². The minimum Gasteiger partial charge on any atom is -0.396 e. The summed E-state index contributed by atoms with van der Waals surface area (Å²) in [5, 5.41) is 9.41. The third-order valence-corrected chi connectivity index (χ3v) is 3.96. The minimum atomic E-state index is 0.0662. The highest BCUT2D eigenvalue weighted by molar-refractivity contribution is 4.87. The van der Waals surface area contributed by atoms with Gasteiger partial charge in [-0.2, -0.15) is 0 Å². The van der Waals surface area contributed by atoms with Crippen LogP contribution in [0.5, 0.6) is 0 Å². The van der Waals surface area contributed by atoms with Crippen LogP contribution >= 0.6 is 0 Å². The quantitative estimate of drug-likeness (QED) is 0.763. The number of rotatable bonds is 4. The standard InChI is InChI=1S/C12H23NO2/c1-3-12(2,9-14)8-13-6-10-4-5-11(7-13)15-10/h10-11,14H,3-9H2,1-2H3. The van der Waals surface area contributed by atoms with Gasteiger partial charge in [-0.15, -0.1) is 0 Å². The van der Waals surface area contributed by atoms with E-state index in [1.54, 1.807) is 0 Å². The lowest BCUT2D eigenvalue weighted by atomic mass is 9.88. The van der Waals surface area contributed by atoms with Crippen LogP contribution in [-0.2, 0) is 4.74 Å². The summed E-state index contributed by atoms with van der Waals surface area (Å²) in [7, 11) is 0. The van der Waals surface area contributed by atoms with Crippen molar-refractivity contribution in [2.24, 2.45) is 5.41 Å². The number of likely N-dealkylation sites (tertiary alicyclic amines) is 1. The van der Waals surface area contributed by atoms with Gasteiger partial charge in [0.05, 0.1) is 12.2 Å². The number of ether oxygens (including phenoxy) is 1. The smallest absolute Gasteiger partial charge is 0.0707 e. The maximum absolute atomic E-state index is 9.41. The molecule has 0 spiro atoms. The molecule has 88 valence electrons. The number of aliphatic hydroxyl groups is 1. The van der Waals surface area contributed by atoms with E-state index in [0.29, 0.717) is 12.2 Å². The fraction of sp³-hybridized carbons (Fsp3) is 1.00. The lowest BCUT2D eigenvalue weighted by Gasteiger charge is -2.38. The Bertz CT molecular complexity index is 204. The molecule has 0 saturated carbocycles. The molecular weight excluding hydrogens is 190 g/mol. The van der Waals surface area contributed by atoms with E-state index >= 15 is 0 Å². The molecule has 2 rings (SSSR count). The lowest BCUT2D eigenvalue weighted by Crippen LogP contribution is -2.47. The molecule has 3 heteroatoms. The molecular formula is C12H23NO2. The molecule has 2 aliphatic rings. The molecule has 0 aliphatic carbocycles. The molecule has 0 amide bonds. The average Bonchev–Trinajstić information content (AvgIpc) is 2.58. The van der Waals surface area contributed by atoms with E-state index in [9.17, 15) is 5.11 Å². The van der Waals surface area contributed by atoms with E-state index in [1.165, 1.54) is 12.8 Å². The molecule has 2 saturated heterocycles. The summed E-state index contributed by atoms with van der Waals surface area (Å²) >= 11 is 0. The Hall–Kier alpha value is -0.120. The summed E-state index contributed by atoms with van der Waals surface area (Å²) in [6.07, 6.45) is 4.41. The monoisotopic (exact) mass is 213 g/mol. The molecule has 2 heterocycles. The molecule has 0 aromatic carbocycles. The van der Waals surface area contributed by atoms with Crippen LogP contribution in [0.4, 0.5) is 0 Å². The third kappa shape index (κ3) is 2.52. The topological polar surface area (TPSA) is 32.7 Å². The maximum Gasteiger partial charge on any atom is 0.0707 e. The van der Waals surface area contributed by atoms with E-state index < -0.39 is 0 Å². The Morgan fingerprint density at radius 2 is 1.93 bits per heavy atom. The van der Waals surface area contributed by atoms with Gasteiger partial charge in [0.15, 0.2) is 0 Å². The predicted molar refractivity (Wildman–Crippen MR) is 59.8 cm³/mol. The zero-order valence-electron chi connectivity index (χ0n) is 9.91. The van der Waals surface area contributed by atoms with Crippen molar-refractivity contribution in [2.45, 2.75) is 45.3 Å². The fourth-order valence-corrected chi connectivity index (χ4v) is 2.64. The van der Waals surface area contributed by atoms with Crippen LogP contribution in [0.25, 0.3) is 0 Å². The largest absolute Gasteiger partial charge is 0.396 e. The number of hydrogen-bond acceptors (Lipinski definition) is 3. The molecule has 0 aromatic heterocycles. The second-order valence-electron chi connectivity index (χ2n) is 5.47. The summed E-state index contributed by atoms with van der Waals surface area (Å²) in [4.78, 5) is 2.48. The summed E-state index contributed by atoms with van der Waals surface area (Å²) in [5.41, 5.74) is 0.0662. The first kappa shape index (κ1) is 11.4. The molecule has 1 N–H and O–H groups in total. The highest BCUT2D eigenvalue weighted by atomic mass is 16.5. The van der Waals surface area contributed by atoms with Crippen molar-refractivity contribution >= 4 is 0 Å². The number of nitrogens with zero attached hydrogens (tertiary/aromatic N) is 1. The van der Waals surface area contributed by atoms with Gasteiger partial charge in [-0.25, -0.2) is 0 Å². The van der Waals surface area contributed by atoms with Gasteiger partial charge in [-0.3, -0.25) is 4.90 Å². The third-order valence-electron chi connectivity index (χ3n) is 3.96. The van der Waals surface area contributed by atoms with Gasteiger partial charge in [-0.05, 0) is 19.3 Å².